The molecule has 0 spiro atoms. The van der Waals surface area contributed by atoms with Crippen LogP contribution >= 0.6 is 0 Å². The highest BCUT2D eigenvalue weighted by Gasteiger charge is 2.22. The Labute approximate surface area is 77.5 Å². The van der Waals surface area contributed by atoms with Crippen molar-refractivity contribution in [3.8, 4) is 0 Å². The Morgan fingerprint density at radius 2 is 1.92 bits per heavy atom. The van der Waals surface area contributed by atoms with Gasteiger partial charge in [0.25, 0.3) is 0 Å². The second-order valence-electron chi connectivity index (χ2n) is 3.53. The summed E-state index contributed by atoms with van der Waals surface area (Å²) in [5.41, 5.74) is 0. The third kappa shape index (κ3) is 2.72. The van der Waals surface area contributed by atoms with Gasteiger partial charge in [-0.2, -0.15) is 0 Å². The number of likely N-dealkylation sites (tertiary alicyclic amines) is 1. The number of hydrogen-bond acceptors (Lipinski definition) is 2. The molecular formula is C9H15NO3. The van der Waals surface area contributed by atoms with Crippen molar-refractivity contribution in [3.05, 3.63) is 0 Å². The molecule has 0 aromatic heterocycles. The Hall–Kier alpha value is -1.06. The topological polar surface area (TPSA) is 57.6 Å². The van der Waals surface area contributed by atoms with Gasteiger partial charge in [0, 0.05) is 19.5 Å². The third-order valence-corrected chi connectivity index (χ3v) is 2.36. The van der Waals surface area contributed by atoms with E-state index in [1.165, 1.54) is 0 Å². The number of nitrogens with zero attached hydrogens (tertiary/aromatic N) is 1. The maximum Gasteiger partial charge on any atom is 0.306 e. The summed E-state index contributed by atoms with van der Waals surface area (Å²) in [5.74, 6) is -1.48. The van der Waals surface area contributed by atoms with Crippen LogP contribution < -0.4 is 0 Å². The van der Waals surface area contributed by atoms with Gasteiger partial charge in [0.05, 0.1) is 5.92 Å². The SMILES string of the molecule is C[C@H](CC(=O)N1CCCC1)C(=O)O. The van der Waals surface area contributed by atoms with Gasteiger partial charge in [-0.1, -0.05) is 6.92 Å². The van der Waals surface area contributed by atoms with Gasteiger partial charge in [-0.15, -0.1) is 0 Å². The number of carboxylic acid groups (broad SMARTS) is 1. The molecule has 1 amide bonds. The van der Waals surface area contributed by atoms with Crippen molar-refractivity contribution in [3.63, 3.8) is 0 Å². The van der Waals surface area contributed by atoms with E-state index in [2.05, 4.69) is 0 Å². The van der Waals surface area contributed by atoms with Crippen molar-refractivity contribution >= 4 is 11.9 Å². The van der Waals surface area contributed by atoms with E-state index in [1.54, 1.807) is 11.8 Å². The third-order valence-electron chi connectivity index (χ3n) is 2.36. The van der Waals surface area contributed by atoms with Gasteiger partial charge in [-0.25, -0.2) is 0 Å². The number of carbonyl (C=O) groups excluding carboxylic acids is 1. The molecule has 0 aromatic carbocycles. The second-order valence-corrected chi connectivity index (χ2v) is 3.53. The molecule has 0 saturated carbocycles. The summed E-state index contributed by atoms with van der Waals surface area (Å²) in [5, 5.41) is 8.60. The minimum absolute atomic E-state index is 0.0209. The summed E-state index contributed by atoms with van der Waals surface area (Å²) in [6.45, 7) is 3.16. The Bertz CT molecular complexity index is 209. The lowest BCUT2D eigenvalue weighted by Crippen LogP contribution is -2.30. The second kappa shape index (κ2) is 4.25. The van der Waals surface area contributed by atoms with Crippen molar-refractivity contribution in [2.24, 2.45) is 5.92 Å². The average molecular weight is 185 g/mol. The molecule has 1 rings (SSSR count). The molecule has 4 nitrogen and oxygen atoms in total. The molecular weight excluding hydrogens is 170 g/mol. The molecule has 0 aromatic rings. The number of amides is 1. The fraction of sp³-hybridized carbons (Fsp3) is 0.778. The molecule has 1 aliphatic heterocycles. The smallest absolute Gasteiger partial charge is 0.306 e. The zero-order valence-corrected chi connectivity index (χ0v) is 7.82. The van der Waals surface area contributed by atoms with Crippen LogP contribution in [0.5, 0.6) is 0 Å². The Morgan fingerprint density at radius 1 is 1.38 bits per heavy atom. The summed E-state index contributed by atoms with van der Waals surface area (Å²) in [6, 6.07) is 0. The first-order valence-corrected chi connectivity index (χ1v) is 4.62. The Kier molecular flexibility index (Phi) is 3.28. The minimum atomic E-state index is -0.896. The molecule has 1 atom stereocenters. The molecule has 0 aliphatic carbocycles. The highest BCUT2D eigenvalue weighted by molar-refractivity contribution is 5.82. The number of carboxylic acids is 1. The maximum absolute atomic E-state index is 11.4. The first kappa shape index (κ1) is 10.0. The molecule has 74 valence electrons. The zero-order chi connectivity index (χ0) is 9.84. The molecule has 1 fully saturated rings. The van der Waals surface area contributed by atoms with Crippen molar-refractivity contribution in [1.82, 2.24) is 4.90 Å². The average Bonchev–Trinajstić information content (AvgIpc) is 2.55. The highest BCUT2D eigenvalue weighted by Crippen LogP contribution is 2.12. The number of carbonyl (C=O) groups is 2. The van der Waals surface area contributed by atoms with Crippen LogP contribution in [0.4, 0.5) is 0 Å². The van der Waals surface area contributed by atoms with Crippen molar-refractivity contribution in [2.75, 3.05) is 13.1 Å². The monoisotopic (exact) mass is 185 g/mol. The molecule has 4 heteroatoms. The molecule has 1 N–H and O–H groups in total. The first-order chi connectivity index (χ1) is 6.11. The molecule has 0 bridgehead atoms. The highest BCUT2D eigenvalue weighted by atomic mass is 16.4. The van der Waals surface area contributed by atoms with Crippen LogP contribution in [0, 0.1) is 5.92 Å². The van der Waals surface area contributed by atoms with E-state index < -0.39 is 11.9 Å². The molecule has 0 unspecified atom stereocenters. The summed E-state index contributed by atoms with van der Waals surface area (Å²) >= 11 is 0. The van der Waals surface area contributed by atoms with Crippen LogP contribution in [0.3, 0.4) is 0 Å². The lowest BCUT2D eigenvalue weighted by Gasteiger charge is -2.16. The predicted molar refractivity (Wildman–Crippen MR) is 47.2 cm³/mol. The molecule has 13 heavy (non-hydrogen) atoms. The van der Waals surface area contributed by atoms with Gasteiger partial charge < -0.3 is 10.0 Å². The number of rotatable bonds is 3. The van der Waals surface area contributed by atoms with Gasteiger partial charge in [0.2, 0.25) is 5.91 Å². The lowest BCUT2D eigenvalue weighted by atomic mass is 10.1. The van der Waals surface area contributed by atoms with Gasteiger partial charge >= 0.3 is 5.97 Å². The van der Waals surface area contributed by atoms with E-state index in [1.807, 2.05) is 0 Å². The van der Waals surface area contributed by atoms with Gasteiger partial charge in [-0.05, 0) is 12.8 Å². The van der Waals surface area contributed by atoms with E-state index in [-0.39, 0.29) is 12.3 Å². The van der Waals surface area contributed by atoms with Gasteiger partial charge in [0.15, 0.2) is 0 Å². The molecule has 1 saturated heterocycles. The number of aliphatic carboxylic acids is 1. The summed E-state index contributed by atoms with van der Waals surface area (Å²) in [7, 11) is 0. The van der Waals surface area contributed by atoms with Crippen LogP contribution in [-0.4, -0.2) is 35.0 Å². The van der Waals surface area contributed by atoms with Crippen LogP contribution in [0.25, 0.3) is 0 Å². The fourth-order valence-electron chi connectivity index (χ4n) is 1.44. The largest absolute Gasteiger partial charge is 0.481 e. The van der Waals surface area contributed by atoms with E-state index in [9.17, 15) is 9.59 Å². The summed E-state index contributed by atoms with van der Waals surface area (Å²) < 4.78 is 0. The van der Waals surface area contributed by atoms with Crippen LogP contribution in [0.15, 0.2) is 0 Å². The normalized spacial score (nSPS) is 18.7. The van der Waals surface area contributed by atoms with Crippen LogP contribution in [-0.2, 0) is 9.59 Å². The Morgan fingerprint density at radius 3 is 2.38 bits per heavy atom. The fourth-order valence-corrected chi connectivity index (χ4v) is 1.44. The van der Waals surface area contributed by atoms with Crippen molar-refractivity contribution < 1.29 is 14.7 Å². The number of hydrogen-bond donors (Lipinski definition) is 1. The Balaban J connectivity index is 2.35. The quantitative estimate of drug-likeness (QED) is 0.704. The molecule has 1 heterocycles. The first-order valence-electron chi connectivity index (χ1n) is 4.62. The predicted octanol–water partition coefficient (Wildman–Crippen LogP) is 0.720. The van der Waals surface area contributed by atoms with E-state index in [0.29, 0.717) is 0 Å². The van der Waals surface area contributed by atoms with E-state index in [0.717, 1.165) is 25.9 Å². The minimum Gasteiger partial charge on any atom is -0.481 e. The molecule has 1 aliphatic rings. The summed E-state index contributed by atoms with van der Waals surface area (Å²) in [6.07, 6.45) is 2.23. The van der Waals surface area contributed by atoms with E-state index >= 15 is 0 Å². The van der Waals surface area contributed by atoms with E-state index in [4.69, 9.17) is 5.11 Å². The standard InChI is InChI=1S/C9H15NO3/c1-7(9(12)13)6-8(11)10-4-2-3-5-10/h7H,2-6H2,1H3,(H,12,13)/t7-/m1/s1. The maximum atomic E-state index is 11.4. The van der Waals surface area contributed by atoms with Crippen molar-refractivity contribution in [1.29, 1.82) is 0 Å². The van der Waals surface area contributed by atoms with Crippen LogP contribution in [0.1, 0.15) is 26.2 Å². The van der Waals surface area contributed by atoms with Crippen molar-refractivity contribution in [2.45, 2.75) is 26.2 Å². The van der Waals surface area contributed by atoms with Crippen LogP contribution in [0.2, 0.25) is 0 Å². The lowest BCUT2D eigenvalue weighted by molar-refractivity contribution is -0.145. The summed E-state index contributed by atoms with van der Waals surface area (Å²) in [4.78, 5) is 23.7. The molecule has 0 radical (unpaired) electrons. The van der Waals surface area contributed by atoms with Gasteiger partial charge in [0.1, 0.15) is 0 Å². The zero-order valence-electron chi connectivity index (χ0n) is 7.82. The van der Waals surface area contributed by atoms with Gasteiger partial charge in [-0.3, -0.25) is 9.59 Å².